The summed E-state index contributed by atoms with van der Waals surface area (Å²) in [6.45, 7) is -1.22. The maximum absolute atomic E-state index is 13.5. The minimum atomic E-state index is -4.56. The minimum Gasteiger partial charge on any atom is -0.396 e. The van der Waals surface area contributed by atoms with Crippen LogP contribution >= 0.6 is 0 Å². The molecule has 5 rings (SSSR count). The van der Waals surface area contributed by atoms with Crippen LogP contribution in [0.5, 0.6) is 0 Å². The summed E-state index contributed by atoms with van der Waals surface area (Å²) < 4.78 is 40.3. The first kappa shape index (κ1) is 24.2. The van der Waals surface area contributed by atoms with Crippen molar-refractivity contribution < 1.29 is 23.1 Å². The van der Waals surface area contributed by atoms with Crippen molar-refractivity contribution in [2.24, 2.45) is 11.8 Å². The van der Waals surface area contributed by atoms with E-state index in [1.165, 1.54) is 0 Å². The number of aliphatic hydroxyl groups excluding tert-OH is 1. The number of nitrogens with zero attached hydrogens (tertiary/aromatic N) is 3. The fourth-order valence-corrected chi connectivity index (χ4v) is 5.58. The van der Waals surface area contributed by atoms with Gasteiger partial charge in [-0.05, 0) is 23.8 Å². The van der Waals surface area contributed by atoms with E-state index in [-0.39, 0.29) is 12.1 Å². The molecule has 3 aromatic rings. The van der Waals surface area contributed by atoms with Gasteiger partial charge in [-0.1, -0.05) is 36.4 Å². The normalized spacial score (nSPS) is 23.3. The van der Waals surface area contributed by atoms with Crippen molar-refractivity contribution in [3.05, 3.63) is 88.6 Å². The summed E-state index contributed by atoms with van der Waals surface area (Å²) in [6, 6.07) is 15.3. The van der Waals surface area contributed by atoms with Gasteiger partial charge in [0.2, 0.25) is 5.91 Å². The molecule has 2 N–H and O–H groups in total. The van der Waals surface area contributed by atoms with Gasteiger partial charge in [0.25, 0.3) is 5.56 Å². The first-order valence-electron chi connectivity index (χ1n) is 11.7. The van der Waals surface area contributed by atoms with Crippen molar-refractivity contribution in [2.75, 3.05) is 13.2 Å². The van der Waals surface area contributed by atoms with Crippen LogP contribution in [0.25, 0.3) is 11.1 Å². The maximum atomic E-state index is 13.5. The van der Waals surface area contributed by atoms with Crippen molar-refractivity contribution in [1.82, 2.24) is 19.8 Å². The number of hydrogen-bond acceptors (Lipinski definition) is 5. The molecule has 10 heteroatoms. The lowest BCUT2D eigenvalue weighted by Gasteiger charge is -2.38. The molecule has 1 saturated heterocycles. The highest BCUT2D eigenvalue weighted by Crippen LogP contribution is 2.49. The van der Waals surface area contributed by atoms with E-state index in [0.29, 0.717) is 23.4 Å². The Morgan fingerprint density at radius 2 is 1.89 bits per heavy atom. The monoisotopic (exact) mass is 498 g/mol. The number of pyridine rings is 2. The van der Waals surface area contributed by atoms with Gasteiger partial charge in [-0.2, -0.15) is 13.2 Å². The lowest BCUT2D eigenvalue weighted by molar-refractivity contribution is -0.142. The van der Waals surface area contributed by atoms with Gasteiger partial charge in [-0.15, -0.1) is 0 Å². The summed E-state index contributed by atoms with van der Waals surface area (Å²) in [5.41, 5.74) is 2.34. The van der Waals surface area contributed by atoms with Crippen molar-refractivity contribution in [1.29, 1.82) is 0 Å². The molecule has 2 aliphatic rings. The highest BCUT2D eigenvalue weighted by Gasteiger charge is 2.55. The quantitative estimate of drug-likeness (QED) is 0.546. The average molecular weight is 499 g/mol. The first-order valence-corrected chi connectivity index (χ1v) is 11.7. The Kier molecular flexibility index (Phi) is 6.40. The number of hydrogen-bond donors (Lipinski definition) is 2. The number of benzene rings is 1. The molecule has 2 bridgehead atoms. The standard InChI is InChI=1S/C26H25F3N4O3/c27-26(28,29)15-31-24(35)22-19(14-34)21-13-33-20(23(22)32(21)12-16-5-2-1-3-6-16)9-8-18(25(33)36)17-7-4-10-30-11-17/h1-11,19,21-23,34H,12-15H2,(H,31,35)/t19-,21-,22+,23+/m1/s1. The van der Waals surface area contributed by atoms with Crippen molar-refractivity contribution in [3.63, 3.8) is 0 Å². The van der Waals surface area contributed by atoms with Gasteiger partial charge < -0.3 is 15.0 Å². The van der Waals surface area contributed by atoms with Crippen LogP contribution in [0.1, 0.15) is 17.3 Å². The topological polar surface area (TPSA) is 87.5 Å². The number of carbonyl (C=O) groups excluding carboxylic acids is 1. The second-order valence-corrected chi connectivity index (χ2v) is 9.20. The first-order chi connectivity index (χ1) is 17.3. The maximum Gasteiger partial charge on any atom is 0.405 e. The van der Waals surface area contributed by atoms with Crippen molar-refractivity contribution >= 4 is 5.91 Å². The molecule has 2 aromatic heterocycles. The second kappa shape index (κ2) is 9.51. The van der Waals surface area contributed by atoms with E-state index in [4.69, 9.17) is 0 Å². The lowest BCUT2D eigenvalue weighted by Crippen LogP contribution is -2.46. The van der Waals surface area contributed by atoms with Crippen LogP contribution in [0, 0.1) is 11.8 Å². The van der Waals surface area contributed by atoms with Crippen LogP contribution in [0.15, 0.2) is 71.8 Å². The number of carbonyl (C=O) groups is 1. The SMILES string of the molecule is O=C(NCC(F)(F)F)[C@H]1[C@H](CO)[C@H]2Cn3c(ccc(-c4cccnc4)c3=O)[C@@H]1N2Cc1ccccc1. The third-order valence-corrected chi connectivity index (χ3v) is 7.12. The highest BCUT2D eigenvalue weighted by atomic mass is 19.4. The number of nitrogens with one attached hydrogen (secondary N) is 1. The largest absolute Gasteiger partial charge is 0.405 e. The van der Waals surface area contributed by atoms with E-state index in [1.54, 1.807) is 41.2 Å². The molecule has 0 aliphatic carbocycles. The predicted molar refractivity (Wildman–Crippen MR) is 126 cm³/mol. The Hall–Kier alpha value is -3.50. The number of halogens is 3. The van der Waals surface area contributed by atoms with E-state index in [9.17, 15) is 27.9 Å². The van der Waals surface area contributed by atoms with Crippen LogP contribution in [-0.4, -0.2) is 50.8 Å². The Morgan fingerprint density at radius 1 is 1.11 bits per heavy atom. The summed E-state index contributed by atoms with van der Waals surface area (Å²) >= 11 is 0. The number of rotatable bonds is 6. The summed E-state index contributed by atoms with van der Waals surface area (Å²) in [5.74, 6) is -2.38. The summed E-state index contributed by atoms with van der Waals surface area (Å²) in [6.07, 6.45) is -1.36. The Balaban J connectivity index is 1.59. The van der Waals surface area contributed by atoms with Crippen LogP contribution in [-0.2, 0) is 17.9 Å². The van der Waals surface area contributed by atoms with Crippen molar-refractivity contribution in [2.45, 2.75) is 31.3 Å². The lowest BCUT2D eigenvalue weighted by atomic mass is 9.86. The molecule has 1 fully saturated rings. The van der Waals surface area contributed by atoms with Gasteiger partial charge in [0.05, 0.1) is 12.0 Å². The molecule has 4 atom stereocenters. The van der Waals surface area contributed by atoms with Gasteiger partial charge in [0, 0.05) is 60.9 Å². The number of alkyl halides is 3. The van der Waals surface area contributed by atoms with Crippen molar-refractivity contribution in [3.8, 4) is 11.1 Å². The number of aromatic nitrogens is 2. The van der Waals surface area contributed by atoms with Crippen LogP contribution in [0.3, 0.4) is 0 Å². The third-order valence-electron chi connectivity index (χ3n) is 7.12. The minimum absolute atomic E-state index is 0.208. The molecule has 1 aromatic carbocycles. The number of aliphatic hydroxyl groups is 1. The second-order valence-electron chi connectivity index (χ2n) is 9.20. The van der Waals surface area contributed by atoms with Crippen LogP contribution in [0.2, 0.25) is 0 Å². The molecule has 0 unspecified atom stereocenters. The molecule has 188 valence electrons. The zero-order valence-corrected chi connectivity index (χ0v) is 19.2. The summed E-state index contributed by atoms with van der Waals surface area (Å²) in [4.78, 5) is 32.8. The van der Waals surface area contributed by atoms with E-state index < -0.39 is 49.2 Å². The van der Waals surface area contributed by atoms with Crippen LogP contribution in [0.4, 0.5) is 13.2 Å². The zero-order valence-electron chi connectivity index (χ0n) is 19.2. The predicted octanol–water partition coefficient (Wildman–Crippen LogP) is 2.75. The van der Waals surface area contributed by atoms with E-state index in [2.05, 4.69) is 4.98 Å². The Morgan fingerprint density at radius 3 is 2.56 bits per heavy atom. The molecule has 4 heterocycles. The van der Waals surface area contributed by atoms with E-state index in [1.807, 2.05) is 40.5 Å². The molecule has 2 aliphatic heterocycles. The molecule has 0 radical (unpaired) electrons. The molecule has 1 amide bonds. The smallest absolute Gasteiger partial charge is 0.396 e. The number of amides is 1. The molecule has 7 nitrogen and oxygen atoms in total. The van der Waals surface area contributed by atoms with Gasteiger partial charge in [-0.25, -0.2) is 0 Å². The number of fused-ring (bicyclic) bond motifs is 4. The molecular weight excluding hydrogens is 473 g/mol. The van der Waals surface area contributed by atoms with Gasteiger partial charge in [0.15, 0.2) is 0 Å². The zero-order chi connectivity index (χ0) is 25.4. The Bertz CT molecular complexity index is 1300. The van der Waals surface area contributed by atoms with Gasteiger partial charge >= 0.3 is 6.18 Å². The molecule has 36 heavy (non-hydrogen) atoms. The van der Waals surface area contributed by atoms with E-state index in [0.717, 1.165) is 5.56 Å². The van der Waals surface area contributed by atoms with Crippen LogP contribution < -0.4 is 10.9 Å². The van der Waals surface area contributed by atoms with Gasteiger partial charge in [0.1, 0.15) is 6.54 Å². The summed E-state index contributed by atoms with van der Waals surface area (Å²) in [5, 5.41) is 12.3. The summed E-state index contributed by atoms with van der Waals surface area (Å²) in [7, 11) is 0. The Labute approximate surface area is 205 Å². The fraction of sp³-hybridized carbons (Fsp3) is 0.346. The van der Waals surface area contributed by atoms with Gasteiger partial charge in [-0.3, -0.25) is 19.5 Å². The molecule has 0 saturated carbocycles. The third kappa shape index (κ3) is 4.42. The fourth-order valence-electron chi connectivity index (χ4n) is 5.58. The average Bonchev–Trinajstić information content (AvgIpc) is 3.07. The molecule has 0 spiro atoms. The highest BCUT2D eigenvalue weighted by molar-refractivity contribution is 5.81. The van der Waals surface area contributed by atoms with E-state index >= 15 is 0 Å². The molecular formula is C26H25F3N4O3.